The van der Waals surface area contributed by atoms with Gasteiger partial charge in [0.2, 0.25) is 0 Å². The maximum Gasteiger partial charge on any atom is 0.307 e. The number of hydrogen-bond donors (Lipinski definition) is 1. The van der Waals surface area contributed by atoms with E-state index in [-0.39, 0.29) is 12.1 Å². The molecular formula is C15H13NO5S. The lowest BCUT2D eigenvalue weighted by atomic mass is 10.1. The highest BCUT2D eigenvalue weighted by atomic mass is 32.2. The van der Waals surface area contributed by atoms with Gasteiger partial charge in [0.05, 0.1) is 23.3 Å². The summed E-state index contributed by atoms with van der Waals surface area (Å²) in [6.45, 7) is 0. The van der Waals surface area contributed by atoms with Crippen molar-refractivity contribution < 1.29 is 19.6 Å². The van der Waals surface area contributed by atoms with Crippen molar-refractivity contribution in [1.29, 1.82) is 0 Å². The lowest BCUT2D eigenvalue weighted by molar-refractivity contribution is -0.384. The maximum atomic E-state index is 10.7. The number of benzene rings is 2. The summed E-state index contributed by atoms with van der Waals surface area (Å²) in [5.74, 6) is -0.333. The Labute approximate surface area is 130 Å². The molecule has 22 heavy (non-hydrogen) atoms. The number of nitro benzene ring substituents is 1. The zero-order chi connectivity index (χ0) is 16.1. The quantitative estimate of drug-likeness (QED) is 0.648. The predicted molar refractivity (Wildman–Crippen MR) is 81.6 cm³/mol. The number of rotatable bonds is 6. The summed E-state index contributed by atoms with van der Waals surface area (Å²) in [5.41, 5.74) is 0.686. The molecule has 0 unspecified atom stereocenters. The fraction of sp³-hybridized carbons (Fsp3) is 0.133. The molecule has 0 aromatic heterocycles. The number of aliphatic carboxylic acids is 1. The minimum atomic E-state index is -0.905. The summed E-state index contributed by atoms with van der Waals surface area (Å²) in [6, 6.07) is 11.4. The highest BCUT2D eigenvalue weighted by Gasteiger charge is 2.10. The Balaban J connectivity index is 2.21. The number of non-ortho nitro benzene ring substituents is 1. The van der Waals surface area contributed by atoms with E-state index in [4.69, 9.17) is 9.84 Å². The van der Waals surface area contributed by atoms with E-state index in [1.165, 1.54) is 31.0 Å². The van der Waals surface area contributed by atoms with Crippen LogP contribution in [0.25, 0.3) is 0 Å². The van der Waals surface area contributed by atoms with Gasteiger partial charge in [-0.2, -0.15) is 0 Å². The van der Waals surface area contributed by atoms with Gasteiger partial charge in [-0.15, -0.1) is 0 Å². The van der Waals surface area contributed by atoms with E-state index in [0.717, 1.165) is 9.79 Å². The molecule has 0 heterocycles. The van der Waals surface area contributed by atoms with Crippen molar-refractivity contribution in [3.63, 3.8) is 0 Å². The first-order valence-electron chi connectivity index (χ1n) is 6.30. The first kappa shape index (κ1) is 15.8. The van der Waals surface area contributed by atoms with Crippen LogP contribution in [0.4, 0.5) is 5.69 Å². The monoisotopic (exact) mass is 319 g/mol. The van der Waals surface area contributed by atoms with Crippen LogP contribution in [0.2, 0.25) is 0 Å². The second-order valence-corrected chi connectivity index (χ2v) is 5.52. The van der Waals surface area contributed by atoms with Crippen molar-refractivity contribution in [3.05, 3.63) is 58.1 Å². The zero-order valence-corrected chi connectivity index (χ0v) is 12.5. The van der Waals surface area contributed by atoms with Crippen molar-refractivity contribution >= 4 is 23.4 Å². The van der Waals surface area contributed by atoms with Gasteiger partial charge in [0.1, 0.15) is 5.75 Å². The molecule has 0 bridgehead atoms. The Morgan fingerprint density at radius 2 is 1.95 bits per heavy atom. The summed E-state index contributed by atoms with van der Waals surface area (Å²) in [4.78, 5) is 22.5. The van der Waals surface area contributed by atoms with Gasteiger partial charge in [0.25, 0.3) is 5.69 Å². The SMILES string of the molecule is COc1cc(CC(=O)O)ccc1Sc1ccc([N+](=O)[O-])cc1. The van der Waals surface area contributed by atoms with Crippen LogP contribution >= 0.6 is 11.8 Å². The molecule has 0 saturated heterocycles. The number of nitrogens with zero attached hydrogens (tertiary/aromatic N) is 1. The molecule has 0 amide bonds. The molecule has 0 radical (unpaired) electrons. The number of nitro groups is 1. The van der Waals surface area contributed by atoms with Gasteiger partial charge in [0.15, 0.2) is 0 Å². The Morgan fingerprint density at radius 3 is 2.50 bits per heavy atom. The number of methoxy groups -OCH3 is 1. The van der Waals surface area contributed by atoms with Gasteiger partial charge in [-0.05, 0) is 29.8 Å². The second-order valence-electron chi connectivity index (χ2n) is 4.41. The summed E-state index contributed by atoms with van der Waals surface area (Å²) in [6.07, 6.45) is -0.0706. The molecule has 2 aromatic rings. The molecule has 7 heteroatoms. The van der Waals surface area contributed by atoms with Gasteiger partial charge >= 0.3 is 5.97 Å². The summed E-state index contributed by atoms with van der Waals surface area (Å²) in [5, 5.41) is 19.4. The second kappa shape index (κ2) is 6.95. The number of ether oxygens (including phenoxy) is 1. The Kier molecular flexibility index (Phi) is 5.00. The van der Waals surface area contributed by atoms with Crippen molar-refractivity contribution in [2.24, 2.45) is 0 Å². The Hall–Kier alpha value is -2.54. The molecule has 0 aliphatic heterocycles. The predicted octanol–water partition coefficient (Wildman–Crippen LogP) is 3.38. The van der Waals surface area contributed by atoms with Crippen LogP contribution in [-0.4, -0.2) is 23.1 Å². The summed E-state index contributed by atoms with van der Waals surface area (Å²) < 4.78 is 5.28. The molecule has 0 fully saturated rings. The van der Waals surface area contributed by atoms with Gasteiger partial charge in [-0.1, -0.05) is 17.8 Å². The number of carboxylic acid groups (broad SMARTS) is 1. The number of carboxylic acids is 1. The van der Waals surface area contributed by atoms with Crippen LogP contribution in [0.3, 0.4) is 0 Å². The molecule has 0 saturated carbocycles. The van der Waals surface area contributed by atoms with E-state index < -0.39 is 10.9 Å². The zero-order valence-electron chi connectivity index (χ0n) is 11.7. The molecule has 1 N–H and O–H groups in total. The fourth-order valence-corrected chi connectivity index (χ4v) is 2.75. The van der Waals surface area contributed by atoms with Crippen molar-refractivity contribution in [1.82, 2.24) is 0 Å². The van der Waals surface area contributed by atoms with Gasteiger partial charge in [-0.25, -0.2) is 0 Å². The molecule has 2 aromatic carbocycles. The normalized spacial score (nSPS) is 10.2. The first-order valence-corrected chi connectivity index (χ1v) is 7.12. The smallest absolute Gasteiger partial charge is 0.307 e. The lowest BCUT2D eigenvalue weighted by Crippen LogP contribution is -2.00. The van der Waals surface area contributed by atoms with Crippen LogP contribution in [0.5, 0.6) is 5.75 Å². The van der Waals surface area contributed by atoms with Crippen molar-refractivity contribution in [2.75, 3.05) is 7.11 Å². The third kappa shape index (κ3) is 3.98. The van der Waals surface area contributed by atoms with Crippen LogP contribution < -0.4 is 4.74 Å². The topological polar surface area (TPSA) is 89.7 Å². The van der Waals surface area contributed by atoms with Crippen molar-refractivity contribution in [2.45, 2.75) is 16.2 Å². The van der Waals surface area contributed by atoms with E-state index in [0.29, 0.717) is 11.3 Å². The van der Waals surface area contributed by atoms with E-state index in [9.17, 15) is 14.9 Å². The minimum Gasteiger partial charge on any atom is -0.496 e. The van der Waals surface area contributed by atoms with Crippen LogP contribution in [0.1, 0.15) is 5.56 Å². The van der Waals surface area contributed by atoms with E-state index in [1.807, 2.05) is 0 Å². The highest BCUT2D eigenvalue weighted by Crippen LogP contribution is 2.36. The highest BCUT2D eigenvalue weighted by molar-refractivity contribution is 7.99. The van der Waals surface area contributed by atoms with Gasteiger partial charge < -0.3 is 9.84 Å². The third-order valence-corrected chi connectivity index (χ3v) is 3.92. The first-order chi connectivity index (χ1) is 10.5. The van der Waals surface area contributed by atoms with Crippen LogP contribution in [0, 0.1) is 10.1 Å². The molecule has 0 spiro atoms. The van der Waals surface area contributed by atoms with E-state index in [2.05, 4.69) is 0 Å². The van der Waals surface area contributed by atoms with Gasteiger partial charge in [-0.3, -0.25) is 14.9 Å². The molecule has 0 aliphatic carbocycles. The minimum absolute atomic E-state index is 0.0353. The third-order valence-electron chi connectivity index (χ3n) is 2.86. The molecule has 0 aliphatic rings. The average molecular weight is 319 g/mol. The molecule has 2 rings (SSSR count). The van der Waals surface area contributed by atoms with Crippen LogP contribution in [-0.2, 0) is 11.2 Å². The average Bonchev–Trinajstić information content (AvgIpc) is 2.48. The van der Waals surface area contributed by atoms with Crippen molar-refractivity contribution in [3.8, 4) is 5.75 Å². The number of carbonyl (C=O) groups is 1. The Morgan fingerprint density at radius 1 is 1.27 bits per heavy atom. The summed E-state index contributed by atoms with van der Waals surface area (Å²) in [7, 11) is 1.51. The standard InChI is InChI=1S/C15H13NO5S/c1-21-13-8-10(9-15(17)18)2-7-14(13)22-12-5-3-11(4-6-12)16(19)20/h2-8H,9H2,1H3,(H,17,18). The fourth-order valence-electron chi connectivity index (χ4n) is 1.84. The number of hydrogen-bond acceptors (Lipinski definition) is 5. The lowest BCUT2D eigenvalue weighted by Gasteiger charge is -2.09. The largest absolute Gasteiger partial charge is 0.496 e. The Bertz CT molecular complexity index is 700. The molecule has 0 atom stereocenters. The van der Waals surface area contributed by atoms with Gasteiger partial charge in [0, 0.05) is 17.0 Å². The summed E-state index contributed by atoms with van der Waals surface area (Å²) >= 11 is 1.39. The van der Waals surface area contributed by atoms with Crippen LogP contribution in [0.15, 0.2) is 52.3 Å². The maximum absolute atomic E-state index is 10.7. The molecular weight excluding hydrogens is 306 g/mol. The molecule has 114 valence electrons. The van der Waals surface area contributed by atoms with E-state index in [1.54, 1.807) is 30.3 Å². The molecule has 6 nitrogen and oxygen atoms in total. The van der Waals surface area contributed by atoms with E-state index >= 15 is 0 Å².